The van der Waals surface area contributed by atoms with Crippen LogP contribution >= 0.6 is 0 Å². The molecule has 0 saturated carbocycles. The summed E-state index contributed by atoms with van der Waals surface area (Å²) in [6.07, 6.45) is 2.28. The number of nitrogens with one attached hydrogen (secondary N) is 1. The van der Waals surface area contributed by atoms with E-state index < -0.39 is 0 Å². The zero-order valence-electron chi connectivity index (χ0n) is 13.4. The van der Waals surface area contributed by atoms with Crippen molar-refractivity contribution in [3.05, 3.63) is 58.9 Å². The summed E-state index contributed by atoms with van der Waals surface area (Å²) in [5, 5.41) is 22.3. The van der Waals surface area contributed by atoms with Gasteiger partial charge in [-0.15, -0.1) is 0 Å². The Labute approximate surface area is 136 Å². The second kappa shape index (κ2) is 7.74. The van der Waals surface area contributed by atoms with Crippen molar-refractivity contribution in [2.24, 2.45) is 5.92 Å². The van der Waals surface area contributed by atoms with Crippen molar-refractivity contribution in [1.29, 1.82) is 0 Å². The number of carbonyl (C=O) groups is 1. The van der Waals surface area contributed by atoms with Gasteiger partial charge in [0.15, 0.2) is 0 Å². The Morgan fingerprint density at radius 3 is 2.74 bits per heavy atom. The van der Waals surface area contributed by atoms with Crippen molar-refractivity contribution in [2.45, 2.75) is 20.3 Å². The average Bonchev–Trinajstić information content (AvgIpc) is 2.55. The molecule has 2 aromatic rings. The Hall–Kier alpha value is -2.40. The highest BCUT2D eigenvalue weighted by Crippen LogP contribution is 2.23. The van der Waals surface area contributed by atoms with Crippen LogP contribution in [-0.2, 0) is 6.42 Å². The van der Waals surface area contributed by atoms with Gasteiger partial charge in [0.25, 0.3) is 5.91 Å². The molecule has 5 nitrogen and oxygen atoms in total. The Morgan fingerprint density at radius 2 is 2.09 bits per heavy atom. The molecule has 0 aliphatic carbocycles. The molecular formula is C18H22N2O3. The van der Waals surface area contributed by atoms with Gasteiger partial charge in [-0.3, -0.25) is 9.78 Å². The number of benzene rings is 1. The van der Waals surface area contributed by atoms with E-state index in [0.29, 0.717) is 18.5 Å². The first-order valence-electron chi connectivity index (χ1n) is 7.60. The Morgan fingerprint density at radius 1 is 1.30 bits per heavy atom. The fraction of sp³-hybridized carbons (Fsp3) is 0.333. The lowest BCUT2D eigenvalue weighted by molar-refractivity contribution is 0.0937. The standard InChI is InChI=1S/C18H22N2O3/c1-12-7-13(2)17(22)16(8-12)18(23)20-10-14(11-21)9-15-5-3-4-6-19-15/h3-8,14,21-22H,9-11H2,1-2H3,(H,20,23). The molecule has 0 aliphatic heterocycles. The van der Waals surface area contributed by atoms with Crippen LogP contribution in [0.15, 0.2) is 36.5 Å². The highest BCUT2D eigenvalue weighted by Gasteiger charge is 2.16. The van der Waals surface area contributed by atoms with Gasteiger partial charge in [-0.1, -0.05) is 12.1 Å². The zero-order chi connectivity index (χ0) is 16.8. The molecule has 1 aromatic heterocycles. The highest BCUT2D eigenvalue weighted by atomic mass is 16.3. The first-order chi connectivity index (χ1) is 11.0. The second-order valence-corrected chi connectivity index (χ2v) is 5.76. The quantitative estimate of drug-likeness (QED) is 0.761. The number of aliphatic hydroxyl groups excluding tert-OH is 1. The largest absolute Gasteiger partial charge is 0.507 e. The number of carbonyl (C=O) groups excluding carboxylic acids is 1. The summed E-state index contributed by atoms with van der Waals surface area (Å²) in [6, 6.07) is 9.10. The number of phenolic OH excluding ortho intramolecular Hbond substituents is 1. The third kappa shape index (κ3) is 4.53. The number of hydrogen-bond donors (Lipinski definition) is 3. The van der Waals surface area contributed by atoms with Gasteiger partial charge in [0.2, 0.25) is 0 Å². The van der Waals surface area contributed by atoms with Crippen molar-refractivity contribution in [3.63, 3.8) is 0 Å². The fourth-order valence-electron chi connectivity index (χ4n) is 2.48. The van der Waals surface area contributed by atoms with Crippen molar-refractivity contribution in [3.8, 4) is 5.75 Å². The van der Waals surface area contributed by atoms with Gasteiger partial charge in [-0.05, 0) is 49.6 Å². The lowest BCUT2D eigenvalue weighted by Gasteiger charge is -2.15. The van der Waals surface area contributed by atoms with Gasteiger partial charge in [0.1, 0.15) is 5.75 Å². The smallest absolute Gasteiger partial charge is 0.255 e. The van der Waals surface area contributed by atoms with Gasteiger partial charge in [-0.25, -0.2) is 0 Å². The van der Waals surface area contributed by atoms with E-state index in [2.05, 4.69) is 10.3 Å². The number of phenols is 1. The van der Waals surface area contributed by atoms with Gasteiger partial charge < -0.3 is 15.5 Å². The van der Waals surface area contributed by atoms with Crippen molar-refractivity contribution >= 4 is 5.91 Å². The third-order valence-corrected chi connectivity index (χ3v) is 3.72. The Kier molecular flexibility index (Phi) is 5.71. The van der Waals surface area contributed by atoms with E-state index >= 15 is 0 Å². The third-order valence-electron chi connectivity index (χ3n) is 3.72. The molecular weight excluding hydrogens is 292 g/mol. The molecule has 1 aromatic carbocycles. The summed E-state index contributed by atoms with van der Waals surface area (Å²) >= 11 is 0. The molecule has 1 atom stereocenters. The molecule has 0 aliphatic rings. The number of amides is 1. The predicted molar refractivity (Wildman–Crippen MR) is 88.4 cm³/mol. The van der Waals surface area contributed by atoms with Crippen LogP contribution in [-0.4, -0.2) is 34.3 Å². The molecule has 23 heavy (non-hydrogen) atoms. The molecule has 1 amide bonds. The molecule has 0 radical (unpaired) electrons. The normalized spacial score (nSPS) is 12.0. The van der Waals surface area contributed by atoms with Gasteiger partial charge in [-0.2, -0.15) is 0 Å². The second-order valence-electron chi connectivity index (χ2n) is 5.76. The van der Waals surface area contributed by atoms with Crippen LogP contribution in [0.2, 0.25) is 0 Å². The van der Waals surface area contributed by atoms with Crippen LogP contribution in [0.4, 0.5) is 0 Å². The minimum atomic E-state index is -0.339. The maximum Gasteiger partial charge on any atom is 0.255 e. The van der Waals surface area contributed by atoms with E-state index in [1.165, 1.54) is 0 Å². The number of hydrogen-bond acceptors (Lipinski definition) is 4. The minimum absolute atomic E-state index is 0.00151. The molecule has 1 unspecified atom stereocenters. The van der Waals surface area contributed by atoms with Gasteiger partial charge in [0, 0.05) is 31.0 Å². The molecule has 0 spiro atoms. The molecule has 122 valence electrons. The number of pyridine rings is 1. The van der Waals surface area contributed by atoms with Crippen LogP contribution in [0.25, 0.3) is 0 Å². The Balaban J connectivity index is 2.00. The predicted octanol–water partition coefficient (Wildman–Crippen LogP) is 1.99. The monoisotopic (exact) mass is 314 g/mol. The van der Waals surface area contributed by atoms with Crippen molar-refractivity contribution in [1.82, 2.24) is 10.3 Å². The lowest BCUT2D eigenvalue weighted by atomic mass is 10.0. The zero-order valence-corrected chi connectivity index (χ0v) is 13.4. The van der Waals surface area contributed by atoms with E-state index in [4.69, 9.17) is 0 Å². The van der Waals surface area contributed by atoms with E-state index in [1.807, 2.05) is 31.2 Å². The number of rotatable bonds is 6. The molecule has 2 rings (SSSR count). The molecule has 0 saturated heterocycles. The number of aromatic nitrogens is 1. The molecule has 3 N–H and O–H groups in total. The van der Waals surface area contributed by atoms with E-state index in [9.17, 15) is 15.0 Å². The highest BCUT2D eigenvalue weighted by molar-refractivity contribution is 5.97. The summed E-state index contributed by atoms with van der Waals surface area (Å²) < 4.78 is 0. The summed E-state index contributed by atoms with van der Waals surface area (Å²) in [5.41, 5.74) is 2.71. The van der Waals surface area contributed by atoms with E-state index in [-0.39, 0.29) is 29.7 Å². The number of aryl methyl sites for hydroxylation is 2. The van der Waals surface area contributed by atoms with Crippen LogP contribution < -0.4 is 5.32 Å². The lowest BCUT2D eigenvalue weighted by Crippen LogP contribution is -2.32. The van der Waals surface area contributed by atoms with Crippen LogP contribution in [0.3, 0.4) is 0 Å². The number of aromatic hydroxyl groups is 1. The first-order valence-corrected chi connectivity index (χ1v) is 7.60. The number of aliphatic hydroxyl groups is 1. The fourth-order valence-corrected chi connectivity index (χ4v) is 2.48. The molecule has 0 fully saturated rings. The average molecular weight is 314 g/mol. The molecule has 0 bridgehead atoms. The maximum absolute atomic E-state index is 12.3. The Bertz CT molecular complexity index is 671. The SMILES string of the molecule is Cc1cc(C)c(O)c(C(=O)NCC(CO)Cc2ccccn2)c1. The minimum Gasteiger partial charge on any atom is -0.507 e. The topological polar surface area (TPSA) is 82.5 Å². The summed E-state index contributed by atoms with van der Waals surface area (Å²) in [5.74, 6) is -0.464. The maximum atomic E-state index is 12.3. The van der Waals surface area contributed by atoms with Crippen molar-refractivity contribution in [2.75, 3.05) is 13.2 Å². The van der Waals surface area contributed by atoms with Crippen LogP contribution in [0.1, 0.15) is 27.2 Å². The first kappa shape index (κ1) is 17.0. The van der Waals surface area contributed by atoms with Gasteiger partial charge in [0.05, 0.1) is 5.56 Å². The summed E-state index contributed by atoms with van der Waals surface area (Å²) in [6.45, 7) is 3.91. The summed E-state index contributed by atoms with van der Waals surface area (Å²) in [4.78, 5) is 16.5. The van der Waals surface area contributed by atoms with Crippen molar-refractivity contribution < 1.29 is 15.0 Å². The molecule has 1 heterocycles. The van der Waals surface area contributed by atoms with Gasteiger partial charge >= 0.3 is 0 Å². The number of nitrogens with zero attached hydrogens (tertiary/aromatic N) is 1. The van der Waals surface area contributed by atoms with Crippen LogP contribution in [0, 0.1) is 19.8 Å². The molecule has 5 heteroatoms. The van der Waals surface area contributed by atoms with Crippen LogP contribution in [0.5, 0.6) is 5.75 Å². The van der Waals surface area contributed by atoms with E-state index in [0.717, 1.165) is 11.3 Å². The summed E-state index contributed by atoms with van der Waals surface area (Å²) in [7, 11) is 0. The van der Waals surface area contributed by atoms with E-state index in [1.54, 1.807) is 19.2 Å².